The average Bonchev–Trinajstić information content (AvgIpc) is 4.05. The molecule has 0 fully saturated rings. The Bertz CT molecular complexity index is 4330. The molecule has 1 aliphatic heterocycles. The zero-order valence-electron chi connectivity index (χ0n) is 41.6. The Labute approximate surface area is 425 Å². The van der Waals surface area contributed by atoms with Crippen molar-refractivity contribution in [1.29, 1.82) is 0 Å². The third-order valence-electron chi connectivity index (χ3n) is 15.8. The van der Waals surface area contributed by atoms with Crippen molar-refractivity contribution in [1.82, 2.24) is 13.7 Å². The van der Waals surface area contributed by atoms with Gasteiger partial charge >= 0.3 is 0 Å². The highest BCUT2D eigenvalue weighted by Crippen LogP contribution is 2.44. The summed E-state index contributed by atoms with van der Waals surface area (Å²) in [5.74, 6) is 1.14. The molecule has 72 heavy (non-hydrogen) atoms. The van der Waals surface area contributed by atoms with Crippen LogP contribution in [0.4, 0.5) is 0 Å². The van der Waals surface area contributed by atoms with E-state index in [1.54, 1.807) is 0 Å². The van der Waals surface area contributed by atoms with Crippen molar-refractivity contribution >= 4 is 111 Å². The van der Waals surface area contributed by atoms with Crippen LogP contribution in [-0.2, 0) is 0 Å². The van der Waals surface area contributed by atoms with Gasteiger partial charge in [0.25, 0.3) is 0 Å². The first-order chi connectivity index (χ1) is 35.2. The molecule has 5 heteroatoms. The molecule has 0 saturated carbocycles. The van der Waals surface area contributed by atoms with Gasteiger partial charge in [0.15, 0.2) is 0 Å². The molecular weight excluding hydrogens is 890 g/mol. The summed E-state index contributed by atoms with van der Waals surface area (Å²) < 4.78 is 7.51. The van der Waals surface area contributed by atoms with Crippen LogP contribution in [0.2, 0.25) is 0 Å². The standard InChI is InChI=1S/C67H54BN3S/c1-40(2)45-35-53(41(3)4)66(54(36-45)42(5)6)68-56-31-28-47(69-60-27-17-14-24-52(60)65-61(69)33-30-51-49-22-12-16-26-59(49)71(67(51)65)46-20-8-7-9-21-46)38-63(56)72-64-39-48(29-32-57(64)68)70-58-25-15-13-23-50(58)55-34-43-18-10-11-19-44(43)37-62(55)70/h7-42H,1-6H3. The Morgan fingerprint density at radius 1 is 0.361 bits per heavy atom. The normalized spacial score (nSPS) is 12.9. The Hall–Kier alpha value is -7.73. The lowest BCUT2D eigenvalue weighted by Crippen LogP contribution is -2.57. The summed E-state index contributed by atoms with van der Waals surface area (Å²) in [6.07, 6.45) is 0. The fraction of sp³-hybridized carbons (Fsp3) is 0.134. The maximum absolute atomic E-state index is 2.54. The van der Waals surface area contributed by atoms with E-state index in [9.17, 15) is 0 Å². The number of aromatic nitrogens is 3. The minimum Gasteiger partial charge on any atom is -0.309 e. The molecular formula is C67H54BN3S. The average molecular weight is 944 g/mol. The first-order valence-corrected chi connectivity index (χ1v) is 26.6. The number of hydrogen-bond donors (Lipinski definition) is 0. The fourth-order valence-electron chi connectivity index (χ4n) is 12.5. The van der Waals surface area contributed by atoms with Gasteiger partial charge in [0, 0.05) is 59.2 Å². The van der Waals surface area contributed by atoms with E-state index in [0.29, 0.717) is 17.8 Å². The Morgan fingerprint density at radius 2 is 0.875 bits per heavy atom. The first kappa shape index (κ1) is 43.1. The van der Waals surface area contributed by atoms with E-state index < -0.39 is 0 Å². The zero-order valence-corrected chi connectivity index (χ0v) is 42.4. The minimum atomic E-state index is 0.0526. The minimum absolute atomic E-state index is 0.0526. The molecule has 346 valence electrons. The van der Waals surface area contributed by atoms with Gasteiger partial charge in [-0.1, -0.05) is 197 Å². The molecule has 13 aromatic rings. The molecule has 0 radical (unpaired) electrons. The zero-order chi connectivity index (χ0) is 48.5. The molecule has 0 N–H and O–H groups in total. The van der Waals surface area contributed by atoms with Crippen molar-refractivity contribution < 1.29 is 0 Å². The summed E-state index contributed by atoms with van der Waals surface area (Å²) in [7, 11) is 0. The summed E-state index contributed by atoms with van der Waals surface area (Å²) in [5.41, 5.74) is 19.4. The second-order valence-electron chi connectivity index (χ2n) is 21.0. The molecule has 0 atom stereocenters. The summed E-state index contributed by atoms with van der Waals surface area (Å²) >= 11 is 1.94. The molecule has 3 nitrogen and oxygen atoms in total. The molecule has 0 saturated heterocycles. The van der Waals surface area contributed by atoms with E-state index in [2.05, 4.69) is 255 Å². The van der Waals surface area contributed by atoms with Gasteiger partial charge in [-0.15, -0.1) is 0 Å². The summed E-state index contributed by atoms with van der Waals surface area (Å²) in [6, 6.07) is 75.8. The number of hydrogen-bond acceptors (Lipinski definition) is 1. The van der Waals surface area contributed by atoms with E-state index in [4.69, 9.17) is 0 Å². The van der Waals surface area contributed by atoms with Gasteiger partial charge in [0.05, 0.1) is 33.1 Å². The maximum Gasteiger partial charge on any atom is 0.244 e. The molecule has 14 rings (SSSR count). The maximum atomic E-state index is 2.54. The van der Waals surface area contributed by atoms with Crippen LogP contribution in [0.25, 0.3) is 93.3 Å². The van der Waals surface area contributed by atoms with Gasteiger partial charge in [-0.2, -0.15) is 0 Å². The van der Waals surface area contributed by atoms with Crippen molar-refractivity contribution in [2.75, 3.05) is 0 Å². The van der Waals surface area contributed by atoms with Crippen LogP contribution in [-0.4, -0.2) is 20.4 Å². The van der Waals surface area contributed by atoms with Crippen molar-refractivity contribution in [2.45, 2.75) is 69.1 Å². The Kier molecular flexibility index (Phi) is 9.82. The lowest BCUT2D eigenvalue weighted by molar-refractivity contribution is 0.812. The van der Waals surface area contributed by atoms with Crippen LogP contribution < -0.4 is 16.4 Å². The van der Waals surface area contributed by atoms with Gasteiger partial charge in [0.2, 0.25) is 6.71 Å². The van der Waals surface area contributed by atoms with Crippen LogP contribution in [0.1, 0.15) is 76.0 Å². The third kappa shape index (κ3) is 6.39. The highest BCUT2D eigenvalue weighted by molar-refractivity contribution is 8.00. The molecule has 0 amide bonds. The van der Waals surface area contributed by atoms with Crippen molar-refractivity contribution in [3.05, 3.63) is 217 Å². The van der Waals surface area contributed by atoms with Crippen molar-refractivity contribution in [3.63, 3.8) is 0 Å². The molecule has 3 aromatic heterocycles. The number of para-hydroxylation sites is 4. The van der Waals surface area contributed by atoms with Gasteiger partial charge < -0.3 is 13.7 Å². The highest BCUT2D eigenvalue weighted by atomic mass is 32.2. The Morgan fingerprint density at radius 3 is 1.49 bits per heavy atom. The van der Waals surface area contributed by atoms with Crippen LogP contribution in [0.15, 0.2) is 210 Å². The molecule has 0 unspecified atom stereocenters. The van der Waals surface area contributed by atoms with Gasteiger partial charge in [-0.3, -0.25) is 0 Å². The third-order valence-corrected chi connectivity index (χ3v) is 17.0. The molecule has 0 aliphatic carbocycles. The number of rotatable bonds is 7. The van der Waals surface area contributed by atoms with Gasteiger partial charge in [-0.25, -0.2) is 0 Å². The van der Waals surface area contributed by atoms with E-state index in [1.807, 2.05) is 11.8 Å². The number of nitrogens with zero attached hydrogens (tertiary/aromatic N) is 3. The van der Waals surface area contributed by atoms with Crippen LogP contribution in [0, 0.1) is 0 Å². The predicted octanol–water partition coefficient (Wildman–Crippen LogP) is 16.5. The van der Waals surface area contributed by atoms with E-state index >= 15 is 0 Å². The fourth-order valence-corrected chi connectivity index (χ4v) is 13.7. The van der Waals surface area contributed by atoms with Gasteiger partial charge in [-0.05, 0) is 118 Å². The number of benzene rings is 10. The van der Waals surface area contributed by atoms with Gasteiger partial charge in [0.1, 0.15) is 0 Å². The second kappa shape index (κ2) is 16.4. The predicted molar refractivity (Wildman–Crippen MR) is 311 cm³/mol. The smallest absolute Gasteiger partial charge is 0.244 e. The second-order valence-corrected chi connectivity index (χ2v) is 22.1. The Balaban J connectivity index is 1.03. The molecule has 0 spiro atoms. The van der Waals surface area contributed by atoms with Crippen LogP contribution in [0.3, 0.4) is 0 Å². The number of fused-ring (bicyclic) bond motifs is 13. The summed E-state index contributed by atoms with van der Waals surface area (Å²) in [5, 5.41) is 10.1. The molecule has 1 aliphatic rings. The summed E-state index contributed by atoms with van der Waals surface area (Å²) in [6.45, 7) is 14.3. The van der Waals surface area contributed by atoms with E-state index in [0.717, 1.165) is 0 Å². The first-order valence-electron chi connectivity index (χ1n) is 25.8. The van der Waals surface area contributed by atoms with E-state index in [-0.39, 0.29) is 6.71 Å². The quantitative estimate of drug-likeness (QED) is 0.145. The molecule has 0 bridgehead atoms. The SMILES string of the molecule is CC(C)c1cc(C(C)C)c(B2c3ccc(-n4c5ccccc5c5cc6ccccc6cc54)cc3Sc3cc(-n4c5ccccc5c5c4ccc4c6ccccc6n(-c6ccccc6)c45)ccc32)c(C(C)C)c1. The van der Waals surface area contributed by atoms with E-state index in [1.165, 1.54) is 136 Å². The largest absolute Gasteiger partial charge is 0.309 e. The highest BCUT2D eigenvalue weighted by Gasteiger charge is 2.37. The summed E-state index contributed by atoms with van der Waals surface area (Å²) in [4.78, 5) is 2.61. The lowest BCUT2D eigenvalue weighted by atomic mass is 9.34. The van der Waals surface area contributed by atoms with Crippen molar-refractivity contribution in [3.8, 4) is 17.1 Å². The van der Waals surface area contributed by atoms with Crippen LogP contribution in [0.5, 0.6) is 0 Å². The lowest BCUT2D eigenvalue weighted by Gasteiger charge is -2.32. The topological polar surface area (TPSA) is 14.8 Å². The molecule has 10 aromatic carbocycles. The monoisotopic (exact) mass is 943 g/mol. The van der Waals surface area contributed by atoms with Crippen LogP contribution >= 0.6 is 11.8 Å². The van der Waals surface area contributed by atoms with Crippen molar-refractivity contribution in [2.24, 2.45) is 0 Å². The molecule has 4 heterocycles.